The Balaban J connectivity index is 1.21. The number of alkyl halides is 3. The number of morpholine rings is 1. The molecule has 3 N–H and O–H groups in total. The number of hydrogen-bond acceptors (Lipinski definition) is 8. The highest BCUT2D eigenvalue weighted by Crippen LogP contribution is 2.35. The zero-order valence-corrected chi connectivity index (χ0v) is 23.9. The van der Waals surface area contributed by atoms with Gasteiger partial charge in [0.05, 0.1) is 30.3 Å². The van der Waals surface area contributed by atoms with Crippen molar-refractivity contribution in [2.24, 2.45) is 0 Å². The number of hydrogen-bond donors (Lipinski definition) is 3. The SMILES string of the molecule is CN(C)NC(=O)c1ccc(NC(=O)Nc2ccc(-c3nc(N4CC5CCC4CO5)c4cnn(CC(F)(F)F)c4n3)cc2)cc1. The van der Waals surface area contributed by atoms with Gasteiger partial charge in [-0.05, 0) is 61.4 Å². The summed E-state index contributed by atoms with van der Waals surface area (Å²) < 4.78 is 46.7. The van der Waals surface area contributed by atoms with Crippen LogP contribution in [-0.2, 0) is 11.3 Å². The zero-order chi connectivity index (χ0) is 31.0. The van der Waals surface area contributed by atoms with Gasteiger partial charge in [-0.25, -0.2) is 24.5 Å². The van der Waals surface area contributed by atoms with Crippen molar-refractivity contribution in [3.05, 3.63) is 60.3 Å². The lowest BCUT2D eigenvalue weighted by molar-refractivity contribution is -0.141. The van der Waals surface area contributed by atoms with Gasteiger partial charge in [0.25, 0.3) is 5.91 Å². The number of nitrogens with one attached hydrogen (secondary N) is 3. The van der Waals surface area contributed by atoms with Gasteiger partial charge in [0, 0.05) is 43.1 Å². The third-order valence-corrected chi connectivity index (χ3v) is 7.40. The van der Waals surface area contributed by atoms with E-state index in [1.54, 1.807) is 62.6 Å². The number of amides is 3. The average Bonchev–Trinajstić information content (AvgIpc) is 3.38. The Morgan fingerprint density at radius 2 is 1.68 bits per heavy atom. The van der Waals surface area contributed by atoms with Crippen molar-refractivity contribution in [3.8, 4) is 11.4 Å². The lowest BCUT2D eigenvalue weighted by atomic mass is 9.97. The van der Waals surface area contributed by atoms with E-state index in [1.165, 1.54) is 11.2 Å². The maximum absolute atomic E-state index is 13.3. The number of anilines is 3. The molecule has 0 aliphatic carbocycles. The second-order valence-corrected chi connectivity index (χ2v) is 10.9. The first-order valence-corrected chi connectivity index (χ1v) is 14.0. The molecule has 3 aliphatic heterocycles. The van der Waals surface area contributed by atoms with Crippen molar-refractivity contribution in [2.75, 3.05) is 42.8 Å². The van der Waals surface area contributed by atoms with E-state index in [4.69, 9.17) is 9.72 Å². The Bertz CT molecular complexity index is 1670. The number of halogens is 3. The topological polar surface area (TPSA) is 130 Å². The highest BCUT2D eigenvalue weighted by Gasteiger charge is 2.37. The van der Waals surface area contributed by atoms with Gasteiger partial charge in [-0.3, -0.25) is 10.2 Å². The molecule has 5 heterocycles. The molecule has 0 spiro atoms. The third kappa shape index (κ3) is 6.43. The summed E-state index contributed by atoms with van der Waals surface area (Å²) in [5, 5.41) is 11.4. The highest BCUT2D eigenvalue weighted by molar-refractivity contribution is 6.00. The van der Waals surface area contributed by atoms with E-state index in [9.17, 15) is 22.8 Å². The third-order valence-electron chi connectivity index (χ3n) is 7.40. The maximum Gasteiger partial charge on any atom is 0.408 e. The summed E-state index contributed by atoms with van der Waals surface area (Å²) >= 11 is 0. The summed E-state index contributed by atoms with van der Waals surface area (Å²) in [5.41, 5.74) is 4.69. The Kier molecular flexibility index (Phi) is 7.82. The van der Waals surface area contributed by atoms with Crippen molar-refractivity contribution in [1.82, 2.24) is 30.2 Å². The van der Waals surface area contributed by atoms with E-state index < -0.39 is 18.8 Å². The van der Waals surface area contributed by atoms with Crippen LogP contribution in [0.4, 0.5) is 35.2 Å². The first-order valence-electron chi connectivity index (χ1n) is 14.0. The predicted molar refractivity (Wildman–Crippen MR) is 157 cm³/mol. The molecule has 4 aromatic rings. The number of nitrogens with zero attached hydrogens (tertiary/aromatic N) is 6. The molecule has 44 heavy (non-hydrogen) atoms. The molecule has 0 radical (unpaired) electrons. The van der Waals surface area contributed by atoms with Crippen LogP contribution in [0.15, 0.2) is 54.7 Å². The van der Waals surface area contributed by atoms with E-state index in [0.29, 0.717) is 46.9 Å². The smallest absolute Gasteiger partial charge is 0.374 e. The van der Waals surface area contributed by atoms with Crippen LogP contribution in [-0.4, -0.2) is 82.3 Å². The van der Waals surface area contributed by atoms with Crippen LogP contribution in [0.2, 0.25) is 0 Å². The molecule has 3 saturated heterocycles. The van der Waals surface area contributed by atoms with Crippen LogP contribution in [0, 0.1) is 0 Å². The molecule has 15 heteroatoms. The summed E-state index contributed by atoms with van der Waals surface area (Å²) in [5.74, 6) is 0.500. The maximum atomic E-state index is 13.3. The minimum absolute atomic E-state index is 0.0377. The van der Waals surface area contributed by atoms with Gasteiger partial charge in [0.15, 0.2) is 11.5 Å². The first kappa shape index (κ1) is 29.3. The molecule has 2 aromatic carbocycles. The first-order chi connectivity index (χ1) is 21.0. The summed E-state index contributed by atoms with van der Waals surface area (Å²) in [6, 6.07) is 12.7. The largest absolute Gasteiger partial charge is 0.408 e. The molecule has 2 bridgehead atoms. The van der Waals surface area contributed by atoms with Gasteiger partial charge in [0.2, 0.25) is 0 Å². The Hall–Kier alpha value is -4.76. The van der Waals surface area contributed by atoms with Crippen LogP contribution < -0.4 is 21.0 Å². The standard InChI is InChI=1S/C29H30F3N9O3/c1-39(2)38-27(42)18-5-9-20(10-6-18)35-28(43)34-19-7-3-17(4-8-19)24-36-25(40-14-22-12-11-21(40)15-44-22)23-13-33-41(26(23)37-24)16-29(30,31)32/h3-10,13,21-22H,11-12,14-16H2,1-2H3,(H,38,42)(H2,34,35,43). The molecular formula is C29H30F3N9O3. The van der Waals surface area contributed by atoms with E-state index >= 15 is 0 Å². The number of fused-ring (bicyclic) bond motifs is 4. The predicted octanol–water partition coefficient (Wildman–Crippen LogP) is 4.27. The molecule has 7 rings (SSSR count). The molecular weight excluding hydrogens is 579 g/mol. The highest BCUT2D eigenvalue weighted by atomic mass is 19.4. The summed E-state index contributed by atoms with van der Waals surface area (Å²) in [6.07, 6.45) is -1.21. The zero-order valence-electron chi connectivity index (χ0n) is 23.9. The second kappa shape index (κ2) is 11.7. The van der Waals surface area contributed by atoms with Crippen molar-refractivity contribution in [3.63, 3.8) is 0 Å². The van der Waals surface area contributed by atoms with Crippen LogP contribution in [0.3, 0.4) is 0 Å². The number of ether oxygens (including phenoxy) is 1. The average molecular weight is 610 g/mol. The van der Waals surface area contributed by atoms with Crippen molar-refractivity contribution in [1.29, 1.82) is 0 Å². The fraction of sp³-hybridized carbons (Fsp3) is 0.345. The number of benzene rings is 2. The lowest BCUT2D eigenvalue weighted by Gasteiger charge is -2.45. The van der Waals surface area contributed by atoms with E-state index in [1.807, 2.05) is 0 Å². The molecule has 3 fully saturated rings. The molecule has 2 aromatic heterocycles. The summed E-state index contributed by atoms with van der Waals surface area (Å²) in [4.78, 5) is 36.1. The molecule has 3 aliphatic rings. The fourth-order valence-corrected chi connectivity index (χ4v) is 5.35. The van der Waals surface area contributed by atoms with Crippen LogP contribution in [0.25, 0.3) is 22.4 Å². The van der Waals surface area contributed by atoms with Gasteiger partial charge in [-0.1, -0.05) is 0 Å². The summed E-state index contributed by atoms with van der Waals surface area (Å²) in [6.45, 7) is -0.156. The number of carbonyl (C=O) groups is 2. The van der Waals surface area contributed by atoms with Gasteiger partial charge in [-0.2, -0.15) is 18.3 Å². The number of urea groups is 1. The van der Waals surface area contributed by atoms with Crippen molar-refractivity contribution < 1.29 is 27.5 Å². The number of aromatic nitrogens is 4. The van der Waals surface area contributed by atoms with E-state index in [0.717, 1.165) is 17.5 Å². The molecule has 0 saturated carbocycles. The quantitative estimate of drug-likeness (QED) is 0.265. The molecule has 2 atom stereocenters. The second-order valence-electron chi connectivity index (χ2n) is 10.9. The fourth-order valence-electron chi connectivity index (χ4n) is 5.35. The normalized spacial score (nSPS) is 18.1. The molecule has 12 nitrogen and oxygen atoms in total. The lowest BCUT2D eigenvalue weighted by Crippen LogP contribution is -2.55. The van der Waals surface area contributed by atoms with Crippen LogP contribution >= 0.6 is 0 Å². The Labute approximate surface area is 250 Å². The minimum Gasteiger partial charge on any atom is -0.374 e. The molecule has 230 valence electrons. The number of rotatable bonds is 7. The van der Waals surface area contributed by atoms with Gasteiger partial charge >= 0.3 is 12.2 Å². The molecule has 2 unspecified atom stereocenters. The van der Waals surface area contributed by atoms with E-state index in [-0.39, 0.29) is 29.5 Å². The van der Waals surface area contributed by atoms with Crippen molar-refractivity contribution in [2.45, 2.75) is 37.7 Å². The Morgan fingerprint density at radius 3 is 2.25 bits per heavy atom. The van der Waals surface area contributed by atoms with Crippen LogP contribution in [0.5, 0.6) is 0 Å². The monoisotopic (exact) mass is 609 g/mol. The Morgan fingerprint density at radius 1 is 1.00 bits per heavy atom. The number of piperidine rings is 1. The van der Waals surface area contributed by atoms with Gasteiger partial charge in [0.1, 0.15) is 12.4 Å². The number of hydrazine groups is 1. The van der Waals surface area contributed by atoms with Gasteiger partial charge < -0.3 is 20.3 Å². The van der Waals surface area contributed by atoms with E-state index in [2.05, 4.69) is 31.0 Å². The molecule has 3 amide bonds. The van der Waals surface area contributed by atoms with Crippen molar-refractivity contribution >= 4 is 40.2 Å². The minimum atomic E-state index is -4.47. The van der Waals surface area contributed by atoms with Crippen LogP contribution in [0.1, 0.15) is 23.2 Å². The summed E-state index contributed by atoms with van der Waals surface area (Å²) in [7, 11) is 3.41. The number of carbonyl (C=O) groups excluding carboxylic acids is 2. The van der Waals surface area contributed by atoms with Gasteiger partial charge in [-0.15, -0.1) is 0 Å².